The predicted molar refractivity (Wildman–Crippen MR) is 47.2 cm³/mol. The molecule has 0 fully saturated rings. The lowest BCUT2D eigenvalue weighted by molar-refractivity contribution is -0.138. The van der Waals surface area contributed by atoms with E-state index in [1.807, 2.05) is 0 Å². The highest BCUT2D eigenvalue weighted by Crippen LogP contribution is 2.37. The lowest BCUT2D eigenvalue weighted by Crippen LogP contribution is -2.16. The van der Waals surface area contributed by atoms with E-state index >= 15 is 0 Å². The molecule has 0 amide bonds. The van der Waals surface area contributed by atoms with Gasteiger partial charge < -0.3 is 4.74 Å². The van der Waals surface area contributed by atoms with Gasteiger partial charge in [-0.25, -0.2) is 4.79 Å². The van der Waals surface area contributed by atoms with Gasteiger partial charge in [0.15, 0.2) is 5.69 Å². The highest BCUT2D eigenvalue weighted by molar-refractivity contribution is 9.10. The average molecular weight is 287 g/mol. The molecule has 0 atom stereocenters. The highest BCUT2D eigenvalue weighted by atomic mass is 79.9. The Morgan fingerprint density at radius 2 is 2.07 bits per heavy atom. The van der Waals surface area contributed by atoms with Crippen LogP contribution >= 0.6 is 15.9 Å². The number of esters is 1. The minimum absolute atomic E-state index is 0.432. The zero-order valence-electron chi connectivity index (χ0n) is 7.72. The first-order valence-corrected chi connectivity index (χ1v) is 4.46. The average Bonchev–Trinajstić information content (AvgIpc) is 2.38. The van der Waals surface area contributed by atoms with Gasteiger partial charge >= 0.3 is 12.1 Å². The monoisotopic (exact) mass is 286 g/mol. The summed E-state index contributed by atoms with van der Waals surface area (Å²) in [6, 6.07) is 0. The number of aromatic nitrogens is 2. The van der Waals surface area contributed by atoms with Crippen molar-refractivity contribution in [1.82, 2.24) is 9.78 Å². The molecular formula is C7H6BrF3N2O2. The first kappa shape index (κ1) is 12.0. The molecule has 0 unspecified atom stereocenters. The zero-order valence-corrected chi connectivity index (χ0v) is 9.31. The number of aryl methyl sites for hydroxylation is 1. The molecule has 1 aromatic rings. The van der Waals surface area contributed by atoms with E-state index in [1.165, 1.54) is 7.05 Å². The Bertz CT molecular complexity index is 400. The SMILES string of the molecule is COC(=O)c1c(C(F)(F)F)c(Br)nn1C. The molecule has 0 saturated carbocycles. The van der Waals surface area contributed by atoms with Crippen LogP contribution in [0, 0.1) is 0 Å². The fraction of sp³-hybridized carbons (Fsp3) is 0.429. The highest BCUT2D eigenvalue weighted by Gasteiger charge is 2.41. The van der Waals surface area contributed by atoms with Crippen molar-refractivity contribution in [2.24, 2.45) is 7.05 Å². The van der Waals surface area contributed by atoms with Gasteiger partial charge in [0.05, 0.1) is 7.11 Å². The number of rotatable bonds is 1. The maximum atomic E-state index is 12.5. The van der Waals surface area contributed by atoms with E-state index in [4.69, 9.17) is 0 Å². The third-order valence-electron chi connectivity index (χ3n) is 1.67. The van der Waals surface area contributed by atoms with Gasteiger partial charge in [-0.1, -0.05) is 0 Å². The first-order valence-electron chi connectivity index (χ1n) is 3.67. The van der Waals surface area contributed by atoms with Crippen molar-refractivity contribution in [2.75, 3.05) is 7.11 Å². The Balaban J connectivity index is 3.43. The van der Waals surface area contributed by atoms with Gasteiger partial charge in [-0.05, 0) is 15.9 Å². The van der Waals surface area contributed by atoms with Crippen LogP contribution in [0.15, 0.2) is 4.60 Å². The summed E-state index contributed by atoms with van der Waals surface area (Å²) < 4.78 is 42.2. The molecule has 4 nitrogen and oxygen atoms in total. The second-order valence-corrected chi connectivity index (χ2v) is 3.38. The van der Waals surface area contributed by atoms with Gasteiger partial charge in [0, 0.05) is 7.05 Å². The number of methoxy groups -OCH3 is 1. The summed E-state index contributed by atoms with van der Waals surface area (Å²) in [5.74, 6) is -1.08. The molecule has 1 heterocycles. The summed E-state index contributed by atoms with van der Waals surface area (Å²) >= 11 is 2.64. The van der Waals surface area contributed by atoms with E-state index < -0.39 is 28.0 Å². The normalized spacial score (nSPS) is 11.6. The lowest BCUT2D eigenvalue weighted by atomic mass is 10.2. The van der Waals surface area contributed by atoms with Crippen molar-refractivity contribution < 1.29 is 22.7 Å². The Kier molecular flexibility index (Phi) is 3.08. The fourth-order valence-electron chi connectivity index (χ4n) is 1.07. The third-order valence-corrected chi connectivity index (χ3v) is 2.22. The van der Waals surface area contributed by atoms with Crippen LogP contribution < -0.4 is 0 Å². The van der Waals surface area contributed by atoms with Gasteiger partial charge in [-0.15, -0.1) is 0 Å². The number of alkyl halides is 3. The number of ether oxygens (including phenoxy) is 1. The molecule has 1 rings (SSSR count). The molecular weight excluding hydrogens is 281 g/mol. The molecule has 0 spiro atoms. The lowest BCUT2D eigenvalue weighted by Gasteiger charge is -2.07. The minimum Gasteiger partial charge on any atom is -0.464 e. The van der Waals surface area contributed by atoms with Crippen molar-refractivity contribution in [3.05, 3.63) is 15.9 Å². The molecule has 0 aliphatic carbocycles. The Labute approximate surface area is 91.1 Å². The van der Waals surface area contributed by atoms with E-state index in [0.29, 0.717) is 0 Å². The summed E-state index contributed by atoms with van der Waals surface area (Å²) in [7, 11) is 2.23. The van der Waals surface area contributed by atoms with Gasteiger partial charge in [0.1, 0.15) is 10.2 Å². The van der Waals surface area contributed by atoms with Crippen LogP contribution in [0.5, 0.6) is 0 Å². The van der Waals surface area contributed by atoms with Crippen LogP contribution in [0.1, 0.15) is 16.1 Å². The third kappa shape index (κ3) is 2.14. The fourth-order valence-corrected chi connectivity index (χ4v) is 1.72. The smallest absolute Gasteiger partial charge is 0.421 e. The van der Waals surface area contributed by atoms with Gasteiger partial charge in [0.25, 0.3) is 0 Å². The van der Waals surface area contributed by atoms with Gasteiger partial charge in [-0.2, -0.15) is 18.3 Å². The van der Waals surface area contributed by atoms with Gasteiger partial charge in [0.2, 0.25) is 0 Å². The number of hydrogen-bond donors (Lipinski definition) is 0. The quantitative estimate of drug-likeness (QED) is 0.742. The number of carbonyl (C=O) groups excluding carboxylic acids is 1. The zero-order chi connectivity index (χ0) is 11.8. The standard InChI is InChI=1S/C7H6BrF3N2O2/c1-13-4(6(14)15-2)3(5(8)12-13)7(9,10)11/h1-2H3. The van der Waals surface area contributed by atoms with E-state index in [-0.39, 0.29) is 0 Å². The maximum absolute atomic E-state index is 12.5. The molecule has 0 aliphatic heterocycles. The number of halogens is 4. The molecule has 0 saturated heterocycles. The Hall–Kier alpha value is -1.05. The Morgan fingerprint density at radius 3 is 2.47 bits per heavy atom. The van der Waals surface area contributed by atoms with Crippen molar-refractivity contribution >= 4 is 21.9 Å². The molecule has 8 heteroatoms. The predicted octanol–water partition coefficient (Wildman–Crippen LogP) is 1.99. The van der Waals surface area contributed by atoms with Crippen molar-refractivity contribution in [1.29, 1.82) is 0 Å². The van der Waals surface area contributed by atoms with Crippen LogP contribution in [0.3, 0.4) is 0 Å². The van der Waals surface area contributed by atoms with Crippen molar-refractivity contribution in [3.8, 4) is 0 Å². The topological polar surface area (TPSA) is 44.1 Å². The van der Waals surface area contributed by atoms with E-state index in [0.717, 1.165) is 11.8 Å². The van der Waals surface area contributed by atoms with E-state index in [1.54, 1.807) is 0 Å². The second kappa shape index (κ2) is 3.84. The summed E-state index contributed by atoms with van der Waals surface area (Å²) in [4.78, 5) is 11.1. The Morgan fingerprint density at radius 1 is 1.53 bits per heavy atom. The van der Waals surface area contributed by atoms with E-state index in [2.05, 4.69) is 25.8 Å². The van der Waals surface area contributed by atoms with Crippen molar-refractivity contribution in [2.45, 2.75) is 6.18 Å². The molecule has 84 valence electrons. The number of hydrogen-bond acceptors (Lipinski definition) is 3. The maximum Gasteiger partial charge on any atom is 0.421 e. The molecule has 0 aromatic carbocycles. The van der Waals surface area contributed by atoms with Gasteiger partial charge in [-0.3, -0.25) is 4.68 Å². The van der Waals surface area contributed by atoms with Crippen LogP contribution in [0.25, 0.3) is 0 Å². The summed E-state index contributed by atoms with van der Waals surface area (Å²) in [5.41, 5.74) is -1.76. The van der Waals surface area contributed by atoms with Crippen LogP contribution in [0.2, 0.25) is 0 Å². The minimum atomic E-state index is -4.66. The molecule has 15 heavy (non-hydrogen) atoms. The first-order chi connectivity index (χ1) is 6.79. The van der Waals surface area contributed by atoms with Crippen LogP contribution in [-0.2, 0) is 18.0 Å². The number of nitrogens with zero attached hydrogens (tertiary/aromatic N) is 2. The summed E-state index contributed by atoms with van der Waals surface area (Å²) in [6.07, 6.45) is -4.66. The second-order valence-electron chi connectivity index (χ2n) is 2.63. The summed E-state index contributed by atoms with van der Waals surface area (Å²) in [6.45, 7) is 0. The molecule has 0 aliphatic rings. The molecule has 0 bridgehead atoms. The van der Waals surface area contributed by atoms with Crippen LogP contribution in [-0.4, -0.2) is 22.9 Å². The molecule has 0 radical (unpaired) electrons. The molecule has 0 N–H and O–H groups in total. The largest absolute Gasteiger partial charge is 0.464 e. The summed E-state index contributed by atoms with van der Waals surface area (Å²) in [5, 5.41) is 3.46. The molecule has 1 aromatic heterocycles. The van der Waals surface area contributed by atoms with E-state index in [9.17, 15) is 18.0 Å². The van der Waals surface area contributed by atoms with Crippen LogP contribution in [0.4, 0.5) is 13.2 Å². The van der Waals surface area contributed by atoms with Crippen molar-refractivity contribution in [3.63, 3.8) is 0 Å². The number of carbonyl (C=O) groups is 1.